The molecule has 1 heterocycles. The average molecular weight is 346 g/mol. The Kier molecular flexibility index (Phi) is 5.36. The molecule has 3 nitrogen and oxygen atoms in total. The van der Waals surface area contributed by atoms with E-state index in [2.05, 4.69) is 4.98 Å². The molecule has 7 heteroatoms. The van der Waals surface area contributed by atoms with E-state index in [1.165, 1.54) is 6.07 Å². The third kappa shape index (κ3) is 3.09. The van der Waals surface area contributed by atoms with Gasteiger partial charge in [0.15, 0.2) is 4.77 Å². The van der Waals surface area contributed by atoms with E-state index >= 15 is 0 Å². The van der Waals surface area contributed by atoms with Gasteiger partial charge >= 0.3 is 0 Å². The van der Waals surface area contributed by atoms with Crippen molar-refractivity contribution in [2.75, 3.05) is 6.54 Å². The molecule has 3 rings (SSSR count). The van der Waals surface area contributed by atoms with Gasteiger partial charge in [-0.3, -0.25) is 0 Å². The summed E-state index contributed by atoms with van der Waals surface area (Å²) in [6.07, 6.45) is 4.58. The number of benzene rings is 1. The van der Waals surface area contributed by atoms with Crippen LogP contribution < -0.4 is 5.73 Å². The van der Waals surface area contributed by atoms with Crippen molar-refractivity contribution in [1.29, 1.82) is 0 Å². The highest BCUT2D eigenvalue weighted by atomic mass is 35.5. The Hall–Kier alpha value is -1.24. The summed E-state index contributed by atoms with van der Waals surface area (Å²) in [6.45, 7) is 0.541. The Balaban J connectivity index is 0.00000176. The number of hydrogen-bond acceptors (Lipinski definition) is 2. The lowest BCUT2D eigenvalue weighted by Gasteiger charge is -2.27. The number of halogens is 3. The molecular formula is C15H18ClF2N3S. The molecule has 0 spiro atoms. The lowest BCUT2D eigenvalue weighted by atomic mass is 9.87. The van der Waals surface area contributed by atoms with Crippen LogP contribution in [-0.2, 0) is 19.3 Å². The SMILES string of the molecule is Cl.NCCc1c[nH]c(=S)n1[C@H]1CCc2c(F)cc(F)cc2C1. The molecular weight excluding hydrogens is 328 g/mol. The van der Waals surface area contributed by atoms with Gasteiger partial charge in [-0.15, -0.1) is 12.4 Å². The molecule has 22 heavy (non-hydrogen) atoms. The largest absolute Gasteiger partial charge is 0.337 e. The van der Waals surface area contributed by atoms with Crippen LogP contribution in [0.5, 0.6) is 0 Å². The zero-order chi connectivity index (χ0) is 15.0. The summed E-state index contributed by atoms with van der Waals surface area (Å²) < 4.78 is 29.9. The van der Waals surface area contributed by atoms with E-state index in [1.807, 2.05) is 10.8 Å². The Morgan fingerprint density at radius 2 is 2.14 bits per heavy atom. The molecule has 0 aliphatic heterocycles. The van der Waals surface area contributed by atoms with Crippen molar-refractivity contribution in [3.63, 3.8) is 0 Å². The number of aromatic amines is 1. The average Bonchev–Trinajstić information content (AvgIpc) is 2.79. The highest BCUT2D eigenvalue weighted by molar-refractivity contribution is 7.71. The maximum absolute atomic E-state index is 13.8. The number of nitrogens with two attached hydrogens (primary N) is 1. The molecule has 1 aliphatic rings. The van der Waals surface area contributed by atoms with Gasteiger partial charge in [0.05, 0.1) is 0 Å². The van der Waals surface area contributed by atoms with Crippen LogP contribution in [0.3, 0.4) is 0 Å². The van der Waals surface area contributed by atoms with Gasteiger partial charge in [-0.05, 0) is 55.2 Å². The minimum atomic E-state index is -0.522. The summed E-state index contributed by atoms with van der Waals surface area (Å²) in [6, 6.07) is 2.52. The monoisotopic (exact) mass is 345 g/mol. The fraction of sp³-hybridized carbons (Fsp3) is 0.400. The van der Waals surface area contributed by atoms with Crippen LogP contribution in [-0.4, -0.2) is 16.1 Å². The highest BCUT2D eigenvalue weighted by Gasteiger charge is 2.25. The number of nitrogens with zero attached hydrogens (tertiary/aromatic N) is 1. The maximum Gasteiger partial charge on any atom is 0.177 e. The molecule has 0 bridgehead atoms. The lowest BCUT2D eigenvalue weighted by Crippen LogP contribution is -2.22. The maximum atomic E-state index is 13.8. The predicted octanol–water partition coefficient (Wildman–Crippen LogP) is 3.48. The summed E-state index contributed by atoms with van der Waals surface area (Å²) in [4.78, 5) is 3.04. The van der Waals surface area contributed by atoms with Crippen LogP contribution in [0.25, 0.3) is 0 Å². The fourth-order valence-electron chi connectivity index (χ4n) is 3.16. The van der Waals surface area contributed by atoms with Gasteiger partial charge in [0.1, 0.15) is 11.6 Å². The van der Waals surface area contributed by atoms with Crippen LogP contribution in [0.1, 0.15) is 29.3 Å². The van der Waals surface area contributed by atoms with E-state index < -0.39 is 11.6 Å². The first-order chi connectivity index (χ1) is 10.1. The number of H-pyrrole nitrogens is 1. The van der Waals surface area contributed by atoms with E-state index in [4.69, 9.17) is 18.0 Å². The second-order valence-corrected chi connectivity index (χ2v) is 5.80. The molecule has 0 saturated heterocycles. The topological polar surface area (TPSA) is 46.7 Å². The van der Waals surface area contributed by atoms with Crippen LogP contribution >= 0.6 is 24.6 Å². The third-order valence-electron chi connectivity index (χ3n) is 4.09. The fourth-order valence-corrected chi connectivity index (χ4v) is 3.49. The molecule has 1 aliphatic carbocycles. The predicted molar refractivity (Wildman–Crippen MR) is 87.0 cm³/mol. The van der Waals surface area contributed by atoms with Gasteiger partial charge < -0.3 is 15.3 Å². The van der Waals surface area contributed by atoms with Crippen molar-refractivity contribution >= 4 is 24.6 Å². The van der Waals surface area contributed by atoms with Crippen molar-refractivity contribution in [2.45, 2.75) is 31.7 Å². The van der Waals surface area contributed by atoms with Crippen molar-refractivity contribution in [3.05, 3.63) is 51.6 Å². The number of fused-ring (bicyclic) bond motifs is 1. The van der Waals surface area contributed by atoms with Crippen LogP contribution in [0, 0.1) is 16.4 Å². The van der Waals surface area contributed by atoms with Gasteiger partial charge in [0.2, 0.25) is 0 Å². The summed E-state index contributed by atoms with van der Waals surface area (Å²) in [7, 11) is 0. The van der Waals surface area contributed by atoms with Gasteiger partial charge in [-0.2, -0.15) is 0 Å². The minimum absolute atomic E-state index is 0. The van der Waals surface area contributed by atoms with Crippen LogP contribution in [0.4, 0.5) is 8.78 Å². The summed E-state index contributed by atoms with van der Waals surface area (Å²) in [5.41, 5.74) is 8.05. The Bertz CT molecular complexity index is 726. The summed E-state index contributed by atoms with van der Waals surface area (Å²) in [5.74, 6) is -0.963. The van der Waals surface area contributed by atoms with E-state index in [-0.39, 0.29) is 18.4 Å². The van der Waals surface area contributed by atoms with E-state index in [0.29, 0.717) is 29.7 Å². The van der Waals surface area contributed by atoms with Crippen molar-refractivity contribution in [3.8, 4) is 0 Å². The number of nitrogens with one attached hydrogen (secondary N) is 1. The number of hydrogen-bond donors (Lipinski definition) is 2. The normalized spacial score (nSPS) is 17.0. The highest BCUT2D eigenvalue weighted by Crippen LogP contribution is 2.32. The lowest BCUT2D eigenvalue weighted by molar-refractivity contribution is 0.416. The quantitative estimate of drug-likeness (QED) is 0.837. The second kappa shape index (κ2) is 6.89. The molecule has 3 N–H and O–H groups in total. The van der Waals surface area contributed by atoms with Crippen LogP contribution in [0.15, 0.2) is 18.3 Å². The molecule has 0 saturated carbocycles. The zero-order valence-electron chi connectivity index (χ0n) is 11.9. The van der Waals surface area contributed by atoms with E-state index in [0.717, 1.165) is 30.2 Å². The van der Waals surface area contributed by atoms with Gasteiger partial charge in [0.25, 0.3) is 0 Å². The first-order valence-corrected chi connectivity index (χ1v) is 7.46. The number of rotatable bonds is 3. The number of aromatic nitrogens is 2. The zero-order valence-corrected chi connectivity index (χ0v) is 13.6. The standard InChI is InChI=1S/C15H17F2N3S.ClH/c16-10-5-9-6-11(1-2-13(9)14(17)7-10)20-12(3-4-18)8-19-15(20)21;/h5,7-8,11H,1-4,6,18H2,(H,19,21);1H/t11-;/m0./s1. The van der Waals surface area contributed by atoms with E-state index in [9.17, 15) is 8.78 Å². The molecule has 0 amide bonds. The minimum Gasteiger partial charge on any atom is -0.337 e. The third-order valence-corrected chi connectivity index (χ3v) is 4.41. The van der Waals surface area contributed by atoms with Gasteiger partial charge in [-0.25, -0.2) is 8.78 Å². The molecule has 0 unspecified atom stereocenters. The van der Waals surface area contributed by atoms with Crippen LogP contribution in [0.2, 0.25) is 0 Å². The first-order valence-electron chi connectivity index (χ1n) is 7.05. The summed E-state index contributed by atoms with van der Waals surface area (Å²) in [5, 5.41) is 0. The molecule has 0 fully saturated rings. The van der Waals surface area contributed by atoms with Crippen molar-refractivity contribution in [2.24, 2.45) is 5.73 Å². The molecule has 120 valence electrons. The smallest absolute Gasteiger partial charge is 0.177 e. The van der Waals surface area contributed by atoms with Crippen molar-refractivity contribution in [1.82, 2.24) is 9.55 Å². The molecule has 2 aromatic rings. The Morgan fingerprint density at radius 3 is 2.86 bits per heavy atom. The molecule has 0 radical (unpaired) electrons. The molecule has 1 aromatic heterocycles. The molecule has 1 atom stereocenters. The van der Waals surface area contributed by atoms with Crippen molar-refractivity contribution < 1.29 is 8.78 Å². The molecule has 1 aromatic carbocycles. The first kappa shape index (κ1) is 17.1. The summed E-state index contributed by atoms with van der Waals surface area (Å²) >= 11 is 5.34. The Labute approximate surface area is 138 Å². The van der Waals surface area contributed by atoms with E-state index in [1.54, 1.807) is 0 Å². The van der Waals surface area contributed by atoms with Gasteiger partial charge in [-0.1, -0.05) is 0 Å². The van der Waals surface area contributed by atoms with Gasteiger partial charge in [0, 0.05) is 30.4 Å². The Morgan fingerprint density at radius 1 is 1.36 bits per heavy atom. The second-order valence-electron chi connectivity index (χ2n) is 5.42. The number of imidazole rings is 1.